The van der Waals surface area contributed by atoms with Crippen LogP contribution >= 0.6 is 0 Å². The van der Waals surface area contributed by atoms with Gasteiger partial charge in [-0.2, -0.15) is 5.26 Å². The van der Waals surface area contributed by atoms with Crippen molar-refractivity contribution in [2.45, 2.75) is 12.8 Å². The van der Waals surface area contributed by atoms with Gasteiger partial charge in [-0.25, -0.2) is 0 Å². The average molecular weight is 345 g/mol. The maximum absolute atomic E-state index is 12.1. The van der Waals surface area contributed by atoms with Crippen molar-refractivity contribution < 1.29 is 14.6 Å². The van der Waals surface area contributed by atoms with Crippen LogP contribution in [0.25, 0.3) is 10.8 Å². The van der Waals surface area contributed by atoms with Crippen LogP contribution in [0.5, 0.6) is 5.75 Å². The molecule has 3 aromatic carbocycles. The normalized spacial score (nSPS) is 14.2. The van der Waals surface area contributed by atoms with Crippen LogP contribution < -0.4 is 4.74 Å². The Kier molecular flexibility index (Phi) is 4.64. The quantitative estimate of drug-likeness (QED) is 0.734. The van der Waals surface area contributed by atoms with Gasteiger partial charge in [-0.15, -0.1) is 0 Å². The zero-order valence-corrected chi connectivity index (χ0v) is 14.6. The summed E-state index contributed by atoms with van der Waals surface area (Å²) in [5, 5.41) is 21.6. The minimum atomic E-state index is -1.65. The number of nitriles is 1. The molecule has 3 rings (SSSR count). The first-order valence-electron chi connectivity index (χ1n) is 8.28. The maximum Gasteiger partial charge on any atom is 0.324 e. The molecule has 0 aliphatic heterocycles. The monoisotopic (exact) mass is 345 g/mol. The molecule has 2 atom stereocenters. The highest BCUT2D eigenvalue weighted by molar-refractivity contribution is 5.89. The molecule has 0 amide bonds. The van der Waals surface area contributed by atoms with Crippen LogP contribution in [-0.2, 0) is 4.79 Å². The summed E-state index contributed by atoms with van der Waals surface area (Å²) in [6.45, 7) is 1.47. The van der Waals surface area contributed by atoms with Crippen LogP contribution in [-0.4, -0.2) is 18.2 Å². The van der Waals surface area contributed by atoms with Gasteiger partial charge in [0.05, 0.1) is 13.2 Å². The second-order valence-electron chi connectivity index (χ2n) is 6.36. The summed E-state index contributed by atoms with van der Waals surface area (Å²) < 4.78 is 5.48. The summed E-state index contributed by atoms with van der Waals surface area (Å²) in [6, 6.07) is 22.8. The van der Waals surface area contributed by atoms with E-state index in [4.69, 9.17) is 4.74 Å². The second kappa shape index (κ2) is 6.89. The number of methoxy groups -OCH3 is 1. The Morgan fingerprint density at radius 3 is 2.35 bits per heavy atom. The van der Waals surface area contributed by atoms with E-state index in [0.717, 1.165) is 16.3 Å². The Morgan fingerprint density at radius 1 is 1.04 bits per heavy atom. The summed E-state index contributed by atoms with van der Waals surface area (Å²) in [5.74, 6) is -1.29. The van der Waals surface area contributed by atoms with E-state index in [1.54, 1.807) is 13.2 Å². The molecular weight excluding hydrogens is 326 g/mol. The summed E-state index contributed by atoms with van der Waals surface area (Å²) >= 11 is 0. The zero-order chi connectivity index (χ0) is 18.7. The fourth-order valence-corrected chi connectivity index (χ4v) is 3.43. The number of hydrogen-bond donors (Lipinski definition) is 1. The predicted molar refractivity (Wildman–Crippen MR) is 100 cm³/mol. The Balaban J connectivity index is 2.38. The lowest BCUT2D eigenvalue weighted by molar-refractivity contribution is -0.145. The predicted octanol–water partition coefficient (Wildman–Crippen LogP) is 4.59. The van der Waals surface area contributed by atoms with Crippen LogP contribution in [0, 0.1) is 16.7 Å². The van der Waals surface area contributed by atoms with Crippen molar-refractivity contribution in [3.63, 3.8) is 0 Å². The molecule has 0 saturated carbocycles. The molecule has 0 aliphatic carbocycles. The summed E-state index contributed by atoms with van der Waals surface area (Å²) in [7, 11) is 1.55. The van der Waals surface area contributed by atoms with Gasteiger partial charge in [-0.05, 0) is 29.3 Å². The standard InChI is InChI=1S/C22H19NO3/c1-22(14-23,21(24)25)20(18-11-5-6-13-19(18)26-2)17-12-7-9-15-8-3-4-10-16(15)17/h3-13,20H,1-2H3,(H,24,25). The summed E-state index contributed by atoms with van der Waals surface area (Å²) in [6.07, 6.45) is 0. The first-order valence-corrected chi connectivity index (χ1v) is 8.28. The number of carboxylic acids is 1. The molecule has 4 nitrogen and oxygen atoms in total. The number of rotatable bonds is 5. The third-order valence-corrected chi connectivity index (χ3v) is 4.84. The molecule has 0 bridgehead atoms. The number of para-hydroxylation sites is 1. The van der Waals surface area contributed by atoms with Crippen molar-refractivity contribution in [1.29, 1.82) is 5.26 Å². The van der Waals surface area contributed by atoms with Gasteiger partial charge in [0.15, 0.2) is 5.41 Å². The van der Waals surface area contributed by atoms with Gasteiger partial charge in [-0.1, -0.05) is 60.7 Å². The van der Waals surface area contributed by atoms with E-state index in [0.29, 0.717) is 11.3 Å². The Hall–Kier alpha value is -3.32. The average Bonchev–Trinajstić information content (AvgIpc) is 2.68. The molecule has 26 heavy (non-hydrogen) atoms. The molecule has 3 aromatic rings. The lowest BCUT2D eigenvalue weighted by atomic mass is 9.69. The lowest BCUT2D eigenvalue weighted by Crippen LogP contribution is -2.34. The van der Waals surface area contributed by atoms with Crippen molar-refractivity contribution in [3.8, 4) is 11.8 Å². The SMILES string of the molecule is COc1ccccc1C(c1cccc2ccccc12)C(C)(C#N)C(=O)O. The van der Waals surface area contributed by atoms with E-state index >= 15 is 0 Å². The molecule has 0 spiro atoms. The van der Waals surface area contributed by atoms with Crippen LogP contribution in [0.3, 0.4) is 0 Å². The third kappa shape index (κ3) is 2.78. The fourth-order valence-electron chi connectivity index (χ4n) is 3.43. The molecule has 2 unspecified atom stereocenters. The first kappa shape index (κ1) is 17.5. The van der Waals surface area contributed by atoms with E-state index < -0.39 is 17.3 Å². The van der Waals surface area contributed by atoms with Gasteiger partial charge < -0.3 is 9.84 Å². The minimum absolute atomic E-state index is 0.563. The number of nitrogens with zero attached hydrogens (tertiary/aromatic N) is 1. The number of ether oxygens (including phenoxy) is 1. The van der Waals surface area contributed by atoms with Crippen molar-refractivity contribution in [1.82, 2.24) is 0 Å². The van der Waals surface area contributed by atoms with Gasteiger partial charge in [0.25, 0.3) is 0 Å². The Morgan fingerprint density at radius 2 is 1.65 bits per heavy atom. The van der Waals surface area contributed by atoms with Gasteiger partial charge in [-0.3, -0.25) is 4.79 Å². The number of benzene rings is 3. The van der Waals surface area contributed by atoms with E-state index in [-0.39, 0.29) is 0 Å². The van der Waals surface area contributed by atoms with Crippen molar-refractivity contribution >= 4 is 16.7 Å². The second-order valence-corrected chi connectivity index (χ2v) is 6.36. The molecule has 1 N–H and O–H groups in total. The van der Waals surface area contributed by atoms with Crippen molar-refractivity contribution in [2.75, 3.05) is 7.11 Å². The number of hydrogen-bond acceptors (Lipinski definition) is 3. The smallest absolute Gasteiger partial charge is 0.324 e. The van der Waals surface area contributed by atoms with Gasteiger partial charge in [0, 0.05) is 11.5 Å². The first-order chi connectivity index (χ1) is 12.5. The molecule has 4 heteroatoms. The van der Waals surface area contributed by atoms with Crippen molar-refractivity contribution in [2.24, 2.45) is 5.41 Å². The lowest BCUT2D eigenvalue weighted by Gasteiger charge is -2.30. The largest absolute Gasteiger partial charge is 0.496 e. The molecule has 0 heterocycles. The van der Waals surface area contributed by atoms with Gasteiger partial charge in [0.1, 0.15) is 5.75 Å². The topological polar surface area (TPSA) is 70.3 Å². The van der Waals surface area contributed by atoms with Crippen molar-refractivity contribution in [3.05, 3.63) is 77.9 Å². The van der Waals surface area contributed by atoms with E-state index in [1.807, 2.05) is 66.7 Å². The highest BCUT2D eigenvalue weighted by Gasteiger charge is 2.45. The summed E-state index contributed by atoms with van der Waals surface area (Å²) in [4.78, 5) is 12.1. The van der Waals surface area contributed by atoms with Crippen LogP contribution in [0.15, 0.2) is 66.7 Å². The molecule has 0 aliphatic rings. The van der Waals surface area contributed by atoms with Crippen LogP contribution in [0.4, 0.5) is 0 Å². The van der Waals surface area contributed by atoms with E-state index in [9.17, 15) is 15.2 Å². The number of fused-ring (bicyclic) bond motifs is 1. The molecule has 0 aromatic heterocycles. The highest BCUT2D eigenvalue weighted by Crippen LogP contribution is 2.46. The number of aliphatic carboxylic acids is 1. The Bertz CT molecular complexity index is 1000. The molecule has 130 valence electrons. The molecular formula is C22H19NO3. The summed E-state index contributed by atoms with van der Waals surface area (Å²) in [5.41, 5.74) is -0.185. The number of carbonyl (C=O) groups is 1. The zero-order valence-electron chi connectivity index (χ0n) is 14.6. The molecule has 0 radical (unpaired) electrons. The van der Waals surface area contributed by atoms with E-state index in [2.05, 4.69) is 0 Å². The highest BCUT2D eigenvalue weighted by atomic mass is 16.5. The van der Waals surface area contributed by atoms with Gasteiger partial charge in [0.2, 0.25) is 0 Å². The molecule has 0 fully saturated rings. The fraction of sp³-hybridized carbons (Fsp3) is 0.182. The van der Waals surface area contributed by atoms with Crippen LogP contribution in [0.1, 0.15) is 24.0 Å². The molecule has 0 saturated heterocycles. The van der Waals surface area contributed by atoms with Gasteiger partial charge >= 0.3 is 5.97 Å². The number of carboxylic acid groups (broad SMARTS) is 1. The Labute approximate surface area is 152 Å². The van der Waals surface area contributed by atoms with E-state index in [1.165, 1.54) is 6.92 Å². The maximum atomic E-state index is 12.1. The van der Waals surface area contributed by atoms with Crippen LogP contribution in [0.2, 0.25) is 0 Å². The minimum Gasteiger partial charge on any atom is -0.496 e. The third-order valence-electron chi connectivity index (χ3n) is 4.84.